The van der Waals surface area contributed by atoms with Crippen molar-refractivity contribution in [2.45, 2.75) is 25.1 Å². The third kappa shape index (κ3) is 8.65. The first-order valence-corrected chi connectivity index (χ1v) is 8.78. The number of alkyl halides is 5. The molecule has 1 aromatic carbocycles. The van der Waals surface area contributed by atoms with E-state index in [0.717, 1.165) is 11.3 Å². The molecule has 0 bridgehead atoms. The molecule has 0 fully saturated rings. The summed E-state index contributed by atoms with van der Waals surface area (Å²) in [5.41, 5.74) is 7.41. The summed E-state index contributed by atoms with van der Waals surface area (Å²) in [7, 11) is 0. The molecule has 0 amide bonds. The van der Waals surface area contributed by atoms with Crippen LogP contribution in [-0.2, 0) is 16.0 Å². The number of esters is 1. The molecule has 4 nitrogen and oxygen atoms in total. The predicted molar refractivity (Wildman–Crippen MR) is 93.4 cm³/mol. The highest BCUT2D eigenvalue weighted by atomic mass is 35.5. The first kappa shape index (κ1) is 21.9. The monoisotopic (exact) mass is 400 g/mol. The normalized spacial score (nSPS) is 12.7. The smallest absolute Gasteiger partial charge is 0.392 e. The first-order valence-electron chi connectivity index (χ1n) is 7.71. The second-order valence-electron chi connectivity index (χ2n) is 5.37. The Morgan fingerprint density at radius 3 is 2.20 bits per heavy atom. The van der Waals surface area contributed by atoms with E-state index in [9.17, 15) is 18.0 Å². The van der Waals surface area contributed by atoms with Gasteiger partial charge in [-0.3, -0.25) is 4.79 Å². The Morgan fingerprint density at radius 1 is 1.16 bits per heavy atom. The minimum atomic E-state index is -4.36. The van der Waals surface area contributed by atoms with Crippen molar-refractivity contribution in [2.75, 3.05) is 36.4 Å². The number of hydrogen-bond acceptors (Lipinski definition) is 4. The van der Waals surface area contributed by atoms with Crippen LogP contribution in [0.3, 0.4) is 0 Å². The second-order valence-corrected chi connectivity index (χ2v) is 6.13. The average molecular weight is 401 g/mol. The van der Waals surface area contributed by atoms with Gasteiger partial charge < -0.3 is 15.4 Å². The zero-order chi connectivity index (χ0) is 18.9. The van der Waals surface area contributed by atoms with Crippen molar-refractivity contribution >= 4 is 34.9 Å². The van der Waals surface area contributed by atoms with E-state index in [2.05, 4.69) is 4.74 Å². The van der Waals surface area contributed by atoms with Crippen LogP contribution >= 0.6 is 23.2 Å². The van der Waals surface area contributed by atoms with Crippen LogP contribution in [0.2, 0.25) is 0 Å². The lowest BCUT2D eigenvalue weighted by Gasteiger charge is -2.23. The number of rotatable bonds is 10. The van der Waals surface area contributed by atoms with Gasteiger partial charge in [-0.25, -0.2) is 0 Å². The van der Waals surface area contributed by atoms with E-state index in [1.807, 2.05) is 17.0 Å². The zero-order valence-corrected chi connectivity index (χ0v) is 15.1. The summed E-state index contributed by atoms with van der Waals surface area (Å²) >= 11 is 11.5. The Hall–Kier alpha value is -1.18. The maximum Gasteiger partial charge on any atom is 0.392 e. The molecular weight excluding hydrogens is 380 g/mol. The highest BCUT2D eigenvalue weighted by Gasteiger charge is 2.28. The number of halogens is 5. The first-order chi connectivity index (χ1) is 11.8. The van der Waals surface area contributed by atoms with Crippen molar-refractivity contribution < 1.29 is 22.7 Å². The number of carbonyl (C=O) groups excluding carboxylic acids is 1. The van der Waals surface area contributed by atoms with E-state index < -0.39 is 31.2 Å². The van der Waals surface area contributed by atoms with Crippen molar-refractivity contribution in [1.29, 1.82) is 0 Å². The number of carbonyl (C=O) groups is 1. The van der Waals surface area contributed by atoms with E-state index in [0.29, 0.717) is 24.8 Å². The van der Waals surface area contributed by atoms with Gasteiger partial charge >= 0.3 is 12.1 Å². The molecule has 25 heavy (non-hydrogen) atoms. The summed E-state index contributed by atoms with van der Waals surface area (Å²) in [5, 5.41) is 0. The highest BCUT2D eigenvalue weighted by Crippen LogP contribution is 2.19. The molecule has 0 heterocycles. The van der Waals surface area contributed by atoms with Gasteiger partial charge in [0.1, 0.15) is 6.04 Å². The lowest BCUT2D eigenvalue weighted by Crippen LogP contribution is -2.35. The molecule has 0 aromatic heterocycles. The van der Waals surface area contributed by atoms with E-state index in [1.165, 1.54) is 0 Å². The lowest BCUT2D eigenvalue weighted by molar-refractivity contribution is -0.159. The van der Waals surface area contributed by atoms with Gasteiger partial charge in [-0.05, 0) is 24.1 Å². The SMILES string of the molecule is N[C@@H](Cc1ccc(N(CCCl)CCCl)cc1)C(=O)OCCC(F)(F)F. The molecule has 0 saturated heterocycles. The quantitative estimate of drug-likeness (QED) is 0.483. The third-order valence-corrected chi connectivity index (χ3v) is 3.74. The Kier molecular flexibility index (Phi) is 9.38. The van der Waals surface area contributed by atoms with Crippen LogP contribution in [0.5, 0.6) is 0 Å². The average Bonchev–Trinajstić information content (AvgIpc) is 2.54. The Bertz CT molecular complexity index is 521. The molecule has 9 heteroatoms. The van der Waals surface area contributed by atoms with Gasteiger partial charge in [0.05, 0.1) is 13.0 Å². The molecule has 0 aliphatic rings. The number of ether oxygens (including phenoxy) is 1. The zero-order valence-electron chi connectivity index (χ0n) is 13.6. The van der Waals surface area contributed by atoms with Crippen molar-refractivity contribution in [3.63, 3.8) is 0 Å². The van der Waals surface area contributed by atoms with Crippen molar-refractivity contribution in [3.8, 4) is 0 Å². The number of hydrogen-bond donors (Lipinski definition) is 1. The van der Waals surface area contributed by atoms with Crippen molar-refractivity contribution in [2.24, 2.45) is 5.73 Å². The fourth-order valence-electron chi connectivity index (χ4n) is 2.13. The summed E-state index contributed by atoms with van der Waals surface area (Å²) < 4.78 is 40.6. The maximum absolute atomic E-state index is 12.0. The number of nitrogens with two attached hydrogens (primary N) is 1. The molecule has 0 radical (unpaired) electrons. The van der Waals surface area contributed by atoms with Gasteiger partial charge in [-0.2, -0.15) is 13.2 Å². The minimum Gasteiger partial charge on any atom is -0.464 e. The standard InChI is InChI=1S/C16H21Cl2F3N2O2/c17-6-8-23(9-7-18)13-3-1-12(2-4-13)11-14(22)15(24)25-10-5-16(19,20)21/h1-4,14H,5-11,22H2/t14-/m0/s1. The van der Waals surface area contributed by atoms with E-state index in [1.54, 1.807) is 12.1 Å². The van der Waals surface area contributed by atoms with Crippen molar-refractivity contribution in [3.05, 3.63) is 29.8 Å². The number of anilines is 1. The molecule has 0 aliphatic carbocycles. The van der Waals surface area contributed by atoms with Gasteiger partial charge in [0.15, 0.2) is 0 Å². The second kappa shape index (κ2) is 10.7. The van der Waals surface area contributed by atoms with E-state index >= 15 is 0 Å². The summed E-state index contributed by atoms with van der Waals surface area (Å²) in [6.07, 6.45) is -5.37. The largest absolute Gasteiger partial charge is 0.464 e. The van der Waals surface area contributed by atoms with Crippen molar-refractivity contribution in [1.82, 2.24) is 0 Å². The Balaban J connectivity index is 2.54. The molecular formula is C16H21Cl2F3N2O2. The van der Waals surface area contributed by atoms with Crippen LogP contribution in [0.4, 0.5) is 18.9 Å². The van der Waals surface area contributed by atoms with Gasteiger partial charge in [-0.1, -0.05) is 12.1 Å². The maximum atomic E-state index is 12.0. The molecule has 1 rings (SSSR count). The summed E-state index contributed by atoms with van der Waals surface area (Å²) in [4.78, 5) is 13.6. The molecule has 0 unspecified atom stereocenters. The van der Waals surface area contributed by atoms with E-state index in [-0.39, 0.29) is 6.42 Å². The van der Waals surface area contributed by atoms with Crippen LogP contribution in [0.15, 0.2) is 24.3 Å². The number of nitrogens with zero attached hydrogens (tertiary/aromatic N) is 1. The molecule has 0 saturated carbocycles. The topological polar surface area (TPSA) is 55.6 Å². The summed E-state index contributed by atoms with van der Waals surface area (Å²) in [5.74, 6) is 0.0832. The molecule has 2 N–H and O–H groups in total. The van der Waals surface area contributed by atoms with Crippen LogP contribution in [0, 0.1) is 0 Å². The summed E-state index contributed by atoms with van der Waals surface area (Å²) in [6.45, 7) is 0.581. The Labute approximate surface area is 155 Å². The Morgan fingerprint density at radius 2 is 1.72 bits per heavy atom. The summed E-state index contributed by atoms with van der Waals surface area (Å²) in [6, 6.07) is 6.30. The van der Waals surface area contributed by atoms with Crippen LogP contribution in [-0.4, -0.2) is 49.6 Å². The van der Waals surface area contributed by atoms with Gasteiger partial charge in [0.2, 0.25) is 0 Å². The molecule has 1 aromatic rings. The predicted octanol–water partition coefficient (Wildman–Crippen LogP) is 3.34. The van der Waals surface area contributed by atoms with Crippen LogP contribution < -0.4 is 10.6 Å². The van der Waals surface area contributed by atoms with Gasteiger partial charge in [0.25, 0.3) is 0 Å². The molecule has 0 aliphatic heterocycles. The third-order valence-electron chi connectivity index (χ3n) is 3.40. The fraction of sp³-hybridized carbons (Fsp3) is 0.562. The van der Waals surface area contributed by atoms with Crippen LogP contribution in [0.1, 0.15) is 12.0 Å². The van der Waals surface area contributed by atoms with Gasteiger partial charge in [0, 0.05) is 30.5 Å². The molecule has 142 valence electrons. The molecule has 1 atom stereocenters. The molecule has 0 spiro atoms. The van der Waals surface area contributed by atoms with Gasteiger partial charge in [-0.15, -0.1) is 23.2 Å². The minimum absolute atomic E-state index is 0.177. The van der Waals surface area contributed by atoms with E-state index in [4.69, 9.17) is 28.9 Å². The van der Waals surface area contributed by atoms with Crippen LogP contribution in [0.25, 0.3) is 0 Å². The fourth-order valence-corrected chi connectivity index (χ4v) is 2.54. The lowest BCUT2D eigenvalue weighted by atomic mass is 10.1. The highest BCUT2D eigenvalue weighted by molar-refractivity contribution is 6.18. The number of benzene rings is 1.